The number of fused-ring (bicyclic) bond motifs is 1. The first-order chi connectivity index (χ1) is 11.5. The molecular weight excluding hydrogens is 311 g/mol. The second kappa shape index (κ2) is 6.23. The SMILES string of the molecule is CN1C(=O)c2cccc(NC(=O)CCc3ccc(F)cc3)c2C1=O. The molecule has 1 heterocycles. The molecule has 3 amide bonds. The van der Waals surface area contributed by atoms with Gasteiger partial charge in [0.2, 0.25) is 5.91 Å². The van der Waals surface area contributed by atoms with Crippen LogP contribution in [-0.4, -0.2) is 29.7 Å². The van der Waals surface area contributed by atoms with Crippen molar-refractivity contribution in [2.24, 2.45) is 0 Å². The van der Waals surface area contributed by atoms with E-state index in [4.69, 9.17) is 0 Å². The first-order valence-electron chi connectivity index (χ1n) is 7.47. The third-order valence-electron chi connectivity index (χ3n) is 3.95. The average Bonchev–Trinajstić information content (AvgIpc) is 2.80. The first-order valence-corrected chi connectivity index (χ1v) is 7.47. The standard InChI is InChI=1S/C18H15FN2O3/c1-21-17(23)13-3-2-4-14(16(13)18(21)24)20-15(22)10-7-11-5-8-12(19)9-6-11/h2-6,8-9H,7,10H2,1H3,(H,20,22). The van der Waals surface area contributed by atoms with E-state index < -0.39 is 5.91 Å². The van der Waals surface area contributed by atoms with E-state index >= 15 is 0 Å². The number of nitrogens with one attached hydrogen (secondary N) is 1. The van der Waals surface area contributed by atoms with Gasteiger partial charge >= 0.3 is 0 Å². The Hall–Kier alpha value is -3.02. The van der Waals surface area contributed by atoms with Crippen molar-refractivity contribution < 1.29 is 18.8 Å². The molecule has 122 valence electrons. The van der Waals surface area contributed by atoms with Crippen LogP contribution in [0.4, 0.5) is 10.1 Å². The number of imide groups is 1. The minimum Gasteiger partial charge on any atom is -0.325 e. The van der Waals surface area contributed by atoms with Crippen molar-refractivity contribution in [2.45, 2.75) is 12.8 Å². The van der Waals surface area contributed by atoms with Gasteiger partial charge in [-0.3, -0.25) is 19.3 Å². The van der Waals surface area contributed by atoms with Crippen LogP contribution >= 0.6 is 0 Å². The van der Waals surface area contributed by atoms with Crippen LogP contribution in [0.15, 0.2) is 42.5 Å². The Labute approximate surface area is 138 Å². The molecule has 0 bridgehead atoms. The zero-order valence-electron chi connectivity index (χ0n) is 13.0. The van der Waals surface area contributed by atoms with Crippen LogP contribution in [0.5, 0.6) is 0 Å². The van der Waals surface area contributed by atoms with Crippen molar-refractivity contribution in [3.05, 3.63) is 65.0 Å². The van der Waals surface area contributed by atoms with E-state index in [0.717, 1.165) is 10.5 Å². The van der Waals surface area contributed by atoms with Gasteiger partial charge in [0.1, 0.15) is 5.82 Å². The lowest BCUT2D eigenvalue weighted by Gasteiger charge is -2.09. The lowest BCUT2D eigenvalue weighted by Crippen LogP contribution is -2.24. The Kier molecular flexibility index (Phi) is 4.12. The number of hydrogen-bond donors (Lipinski definition) is 1. The molecule has 0 radical (unpaired) electrons. The largest absolute Gasteiger partial charge is 0.325 e. The molecule has 0 spiro atoms. The van der Waals surface area contributed by atoms with E-state index in [0.29, 0.717) is 17.7 Å². The van der Waals surface area contributed by atoms with Crippen LogP contribution < -0.4 is 5.32 Å². The molecule has 0 unspecified atom stereocenters. The fraction of sp³-hybridized carbons (Fsp3) is 0.167. The van der Waals surface area contributed by atoms with Crippen molar-refractivity contribution in [2.75, 3.05) is 12.4 Å². The summed E-state index contributed by atoms with van der Waals surface area (Å²) in [7, 11) is 1.41. The third-order valence-corrected chi connectivity index (χ3v) is 3.95. The average molecular weight is 326 g/mol. The van der Waals surface area contributed by atoms with Crippen molar-refractivity contribution in [1.82, 2.24) is 4.90 Å². The minimum atomic E-state index is -0.426. The van der Waals surface area contributed by atoms with Gasteiger partial charge in [0.05, 0.1) is 16.8 Å². The number of carbonyl (C=O) groups is 3. The van der Waals surface area contributed by atoms with E-state index in [1.54, 1.807) is 30.3 Å². The summed E-state index contributed by atoms with van der Waals surface area (Å²) in [5.74, 6) is -1.40. The number of halogens is 1. The molecule has 3 rings (SSSR count). The van der Waals surface area contributed by atoms with Crippen molar-refractivity contribution in [1.29, 1.82) is 0 Å². The van der Waals surface area contributed by atoms with Gasteiger partial charge in [-0.2, -0.15) is 0 Å². The van der Waals surface area contributed by atoms with Crippen LogP contribution in [0, 0.1) is 5.82 Å². The molecule has 24 heavy (non-hydrogen) atoms. The first kappa shape index (κ1) is 15.9. The lowest BCUT2D eigenvalue weighted by molar-refractivity contribution is -0.116. The normalized spacial score (nSPS) is 13.2. The molecule has 6 heteroatoms. The van der Waals surface area contributed by atoms with Crippen LogP contribution in [0.25, 0.3) is 0 Å². The van der Waals surface area contributed by atoms with Gasteiger partial charge in [-0.15, -0.1) is 0 Å². The van der Waals surface area contributed by atoms with Gasteiger partial charge in [0.15, 0.2) is 0 Å². The van der Waals surface area contributed by atoms with Gasteiger partial charge in [0.25, 0.3) is 11.8 Å². The van der Waals surface area contributed by atoms with Crippen molar-refractivity contribution in [3.8, 4) is 0 Å². The monoisotopic (exact) mass is 326 g/mol. The molecule has 0 saturated carbocycles. The highest BCUT2D eigenvalue weighted by Gasteiger charge is 2.35. The van der Waals surface area contributed by atoms with E-state index in [2.05, 4.69) is 5.32 Å². The van der Waals surface area contributed by atoms with Crippen LogP contribution in [0.3, 0.4) is 0 Å². The number of rotatable bonds is 4. The molecule has 2 aromatic carbocycles. The topological polar surface area (TPSA) is 66.5 Å². The predicted molar refractivity (Wildman–Crippen MR) is 86.2 cm³/mol. The summed E-state index contributed by atoms with van der Waals surface area (Å²) < 4.78 is 12.9. The molecule has 1 aliphatic rings. The molecule has 0 fully saturated rings. The maximum absolute atomic E-state index is 12.9. The number of benzene rings is 2. The van der Waals surface area contributed by atoms with Crippen molar-refractivity contribution in [3.63, 3.8) is 0 Å². The zero-order valence-corrected chi connectivity index (χ0v) is 13.0. The summed E-state index contributed by atoms with van der Waals surface area (Å²) in [5, 5.41) is 2.68. The minimum absolute atomic E-state index is 0.188. The molecule has 1 N–H and O–H groups in total. The third kappa shape index (κ3) is 2.90. The summed E-state index contributed by atoms with van der Waals surface area (Å²) >= 11 is 0. The van der Waals surface area contributed by atoms with Gasteiger partial charge in [0, 0.05) is 13.5 Å². The summed E-state index contributed by atoms with van der Waals surface area (Å²) in [6.45, 7) is 0. The molecular formula is C18H15FN2O3. The quantitative estimate of drug-likeness (QED) is 0.878. The smallest absolute Gasteiger partial charge is 0.263 e. The van der Waals surface area contributed by atoms with Gasteiger partial charge in [-0.1, -0.05) is 18.2 Å². The van der Waals surface area contributed by atoms with Crippen LogP contribution in [0.2, 0.25) is 0 Å². The highest BCUT2D eigenvalue weighted by molar-refractivity contribution is 6.24. The second-order valence-corrected chi connectivity index (χ2v) is 5.57. The Morgan fingerprint density at radius 1 is 1.08 bits per heavy atom. The summed E-state index contributed by atoms with van der Waals surface area (Å²) in [6, 6.07) is 10.7. The van der Waals surface area contributed by atoms with Crippen LogP contribution in [-0.2, 0) is 11.2 Å². The van der Waals surface area contributed by atoms with Crippen LogP contribution in [0.1, 0.15) is 32.7 Å². The number of nitrogens with zero attached hydrogens (tertiary/aromatic N) is 1. The van der Waals surface area contributed by atoms with Gasteiger partial charge in [-0.05, 0) is 36.2 Å². The molecule has 0 saturated heterocycles. The predicted octanol–water partition coefficient (Wildman–Crippen LogP) is 2.62. The summed E-state index contributed by atoms with van der Waals surface area (Å²) in [5.41, 5.74) is 1.69. The van der Waals surface area contributed by atoms with E-state index in [-0.39, 0.29) is 29.6 Å². The Bertz CT molecular complexity index is 831. The summed E-state index contributed by atoms with van der Waals surface area (Å²) in [6.07, 6.45) is 0.640. The van der Waals surface area contributed by atoms with E-state index in [1.165, 1.54) is 19.2 Å². The summed E-state index contributed by atoms with van der Waals surface area (Å²) in [4.78, 5) is 37.2. The lowest BCUT2D eigenvalue weighted by atomic mass is 10.1. The molecule has 0 aromatic heterocycles. The number of hydrogen-bond acceptors (Lipinski definition) is 3. The molecule has 0 aliphatic carbocycles. The molecule has 1 aliphatic heterocycles. The number of amides is 3. The van der Waals surface area contributed by atoms with E-state index in [1.807, 2.05) is 0 Å². The highest BCUT2D eigenvalue weighted by atomic mass is 19.1. The number of carbonyl (C=O) groups excluding carboxylic acids is 3. The maximum Gasteiger partial charge on any atom is 0.263 e. The Morgan fingerprint density at radius 3 is 2.50 bits per heavy atom. The van der Waals surface area contributed by atoms with Gasteiger partial charge in [-0.25, -0.2) is 4.39 Å². The van der Waals surface area contributed by atoms with Gasteiger partial charge < -0.3 is 5.32 Å². The van der Waals surface area contributed by atoms with E-state index in [9.17, 15) is 18.8 Å². The number of aryl methyl sites for hydroxylation is 1. The Balaban J connectivity index is 1.71. The highest BCUT2D eigenvalue weighted by Crippen LogP contribution is 2.28. The van der Waals surface area contributed by atoms with Crippen molar-refractivity contribution >= 4 is 23.4 Å². The number of anilines is 1. The second-order valence-electron chi connectivity index (χ2n) is 5.57. The molecule has 2 aromatic rings. The molecule has 5 nitrogen and oxygen atoms in total. The fourth-order valence-electron chi connectivity index (χ4n) is 2.63. The maximum atomic E-state index is 12.9. The zero-order chi connectivity index (χ0) is 17.3. The molecule has 0 atom stereocenters. The fourth-order valence-corrected chi connectivity index (χ4v) is 2.63. The Morgan fingerprint density at radius 2 is 1.79 bits per heavy atom.